The van der Waals surface area contributed by atoms with E-state index in [-0.39, 0.29) is 36.8 Å². The highest BCUT2D eigenvalue weighted by molar-refractivity contribution is 5.77. The van der Waals surface area contributed by atoms with Crippen molar-refractivity contribution >= 4 is 5.97 Å². The SMILES string of the molecule is O=C(OCC1COC2CC3CC(C2)CC(C3)O1)C12CC3CC(C1)C1(OCC(F)(F)C(F)(F)CO1)C(C3)C2. The van der Waals surface area contributed by atoms with Crippen LogP contribution in [0, 0.1) is 35.0 Å². The van der Waals surface area contributed by atoms with E-state index in [1.54, 1.807) is 0 Å². The maximum Gasteiger partial charge on any atom is 0.335 e. The second-order valence-electron chi connectivity index (χ2n) is 13.2. The zero-order valence-electron chi connectivity index (χ0n) is 21.0. The molecule has 5 unspecified atom stereocenters. The molecule has 9 aliphatic rings. The van der Waals surface area contributed by atoms with E-state index in [4.69, 9.17) is 23.7 Å². The second-order valence-corrected chi connectivity index (χ2v) is 13.2. The number of carbonyl (C=O) groups is 1. The number of hydrogen-bond acceptors (Lipinski definition) is 6. The van der Waals surface area contributed by atoms with Gasteiger partial charge < -0.3 is 23.7 Å². The summed E-state index contributed by atoms with van der Waals surface area (Å²) in [5.41, 5.74) is -0.761. The molecule has 5 atom stereocenters. The molecule has 0 aromatic heterocycles. The maximum atomic E-state index is 14.1. The summed E-state index contributed by atoms with van der Waals surface area (Å²) in [5, 5.41) is 0. The Bertz CT molecular complexity index is 879. The van der Waals surface area contributed by atoms with E-state index in [2.05, 4.69) is 0 Å². The molecule has 0 radical (unpaired) electrons. The quantitative estimate of drug-likeness (QED) is 0.387. The van der Waals surface area contributed by atoms with Crippen molar-refractivity contribution < 1.29 is 46.0 Å². The highest BCUT2D eigenvalue weighted by Crippen LogP contribution is 2.66. The molecule has 6 aliphatic carbocycles. The molecule has 9 fully saturated rings. The molecule has 9 rings (SSSR count). The molecule has 0 aromatic rings. The van der Waals surface area contributed by atoms with Crippen molar-refractivity contribution in [3.05, 3.63) is 0 Å². The van der Waals surface area contributed by atoms with Gasteiger partial charge in [0.1, 0.15) is 25.9 Å². The summed E-state index contributed by atoms with van der Waals surface area (Å²) in [6, 6.07) is 0. The lowest BCUT2D eigenvalue weighted by Gasteiger charge is -2.62. The van der Waals surface area contributed by atoms with Gasteiger partial charge in [-0.25, -0.2) is 0 Å². The van der Waals surface area contributed by atoms with Gasteiger partial charge in [-0.05, 0) is 82.0 Å². The van der Waals surface area contributed by atoms with Crippen molar-refractivity contribution in [2.75, 3.05) is 26.4 Å². The molecule has 1 spiro atoms. The molecule has 8 bridgehead atoms. The number of alkyl halides is 4. The monoisotopic (exact) mass is 532 g/mol. The van der Waals surface area contributed by atoms with Crippen LogP contribution in [0.4, 0.5) is 17.6 Å². The zero-order valence-corrected chi connectivity index (χ0v) is 21.0. The number of halogens is 4. The van der Waals surface area contributed by atoms with Gasteiger partial charge in [0.05, 0.1) is 24.2 Å². The normalized spacial score (nSPS) is 48.8. The minimum Gasteiger partial charge on any atom is -0.462 e. The third kappa shape index (κ3) is 4.06. The van der Waals surface area contributed by atoms with Crippen molar-refractivity contribution in [2.45, 2.75) is 100 Å². The Morgan fingerprint density at radius 1 is 0.757 bits per heavy atom. The van der Waals surface area contributed by atoms with E-state index in [0.717, 1.165) is 25.7 Å². The van der Waals surface area contributed by atoms with Crippen LogP contribution in [0.2, 0.25) is 0 Å². The number of hydrogen-bond donors (Lipinski definition) is 0. The molecule has 0 amide bonds. The van der Waals surface area contributed by atoms with Crippen molar-refractivity contribution in [2.24, 2.45) is 35.0 Å². The average Bonchev–Trinajstić information content (AvgIpc) is 2.86. The van der Waals surface area contributed by atoms with Crippen molar-refractivity contribution in [3.8, 4) is 0 Å². The van der Waals surface area contributed by atoms with Gasteiger partial charge in [0.15, 0.2) is 5.79 Å². The minimum absolute atomic E-state index is 0.121. The largest absolute Gasteiger partial charge is 0.462 e. The van der Waals surface area contributed by atoms with Crippen LogP contribution in [0.1, 0.15) is 64.2 Å². The molecule has 3 aliphatic heterocycles. The molecule has 6 nitrogen and oxygen atoms in total. The van der Waals surface area contributed by atoms with Gasteiger partial charge in [0.2, 0.25) is 0 Å². The lowest BCUT2D eigenvalue weighted by Crippen LogP contribution is -2.65. The molecular weight excluding hydrogens is 496 g/mol. The van der Waals surface area contributed by atoms with E-state index in [1.807, 2.05) is 0 Å². The van der Waals surface area contributed by atoms with Gasteiger partial charge in [-0.1, -0.05) is 0 Å². The van der Waals surface area contributed by atoms with Crippen LogP contribution >= 0.6 is 0 Å². The maximum absolute atomic E-state index is 14.1. The van der Waals surface area contributed by atoms with Crippen molar-refractivity contribution in [1.29, 1.82) is 0 Å². The predicted octanol–water partition coefficient (Wildman–Crippen LogP) is 4.73. The number of fused-ring (bicyclic) bond motifs is 3. The fraction of sp³-hybridized carbons (Fsp3) is 0.963. The van der Waals surface area contributed by atoms with Crippen LogP contribution in [-0.4, -0.2) is 68.3 Å². The third-order valence-corrected chi connectivity index (χ3v) is 10.6. The summed E-state index contributed by atoms with van der Waals surface area (Å²) in [5.74, 6) is -9.68. The molecule has 3 saturated heterocycles. The molecular formula is C27H36F4O6. The van der Waals surface area contributed by atoms with Gasteiger partial charge in [-0.15, -0.1) is 0 Å². The highest BCUT2D eigenvalue weighted by atomic mass is 19.3. The lowest BCUT2D eigenvalue weighted by molar-refractivity contribution is -0.346. The van der Waals surface area contributed by atoms with E-state index < -0.39 is 48.1 Å². The molecule has 3 heterocycles. The van der Waals surface area contributed by atoms with Crippen LogP contribution in [0.3, 0.4) is 0 Å². The summed E-state index contributed by atoms with van der Waals surface area (Å²) in [6.45, 7) is -2.23. The van der Waals surface area contributed by atoms with Crippen LogP contribution < -0.4 is 0 Å². The van der Waals surface area contributed by atoms with E-state index in [9.17, 15) is 22.4 Å². The summed E-state index contributed by atoms with van der Waals surface area (Å²) >= 11 is 0. The minimum atomic E-state index is -4.29. The summed E-state index contributed by atoms with van der Waals surface area (Å²) < 4.78 is 85.8. The Morgan fingerprint density at radius 3 is 1.97 bits per heavy atom. The fourth-order valence-corrected chi connectivity index (χ4v) is 9.25. The summed E-state index contributed by atoms with van der Waals surface area (Å²) in [6.07, 6.45) is 8.20. The first-order chi connectivity index (χ1) is 17.6. The Balaban J connectivity index is 1.03. The average molecular weight is 533 g/mol. The van der Waals surface area contributed by atoms with Crippen LogP contribution in [0.15, 0.2) is 0 Å². The number of ether oxygens (including phenoxy) is 5. The zero-order chi connectivity index (χ0) is 25.6. The first-order valence-corrected chi connectivity index (χ1v) is 14.0. The Morgan fingerprint density at radius 2 is 1.35 bits per heavy atom. The molecule has 6 saturated carbocycles. The van der Waals surface area contributed by atoms with Crippen molar-refractivity contribution in [1.82, 2.24) is 0 Å². The first-order valence-electron chi connectivity index (χ1n) is 14.0. The molecule has 0 N–H and O–H groups in total. The Labute approximate surface area is 214 Å². The fourth-order valence-electron chi connectivity index (χ4n) is 9.25. The van der Waals surface area contributed by atoms with E-state index in [0.29, 0.717) is 50.5 Å². The Hall–Kier alpha value is -0.970. The van der Waals surface area contributed by atoms with Crippen LogP contribution in [0.25, 0.3) is 0 Å². The first kappa shape index (κ1) is 25.0. The molecule has 37 heavy (non-hydrogen) atoms. The summed E-state index contributed by atoms with van der Waals surface area (Å²) in [7, 11) is 0. The van der Waals surface area contributed by atoms with Gasteiger partial charge in [0.25, 0.3) is 0 Å². The van der Waals surface area contributed by atoms with Gasteiger partial charge >= 0.3 is 17.8 Å². The van der Waals surface area contributed by atoms with Gasteiger partial charge in [-0.2, -0.15) is 17.6 Å². The Kier molecular flexibility index (Phi) is 5.76. The van der Waals surface area contributed by atoms with Crippen molar-refractivity contribution in [3.63, 3.8) is 0 Å². The van der Waals surface area contributed by atoms with Gasteiger partial charge in [0, 0.05) is 11.8 Å². The lowest BCUT2D eigenvalue weighted by atomic mass is 9.47. The molecule has 208 valence electrons. The standard InChI is InChI=1S/C27H36F4O6/c28-25(29)13-35-27(36-14-26(25,30)31)18-2-17-3-19(27)10-24(8-17,9-18)23(32)34-12-22-11-33-20-4-15-1-16(5-20)7-21(6-15)37-22/h15-22H,1-14H2. The van der Waals surface area contributed by atoms with Gasteiger partial charge in [-0.3, -0.25) is 4.79 Å². The highest BCUT2D eigenvalue weighted by Gasteiger charge is 2.70. The molecule has 0 aromatic carbocycles. The van der Waals surface area contributed by atoms with E-state index >= 15 is 0 Å². The topological polar surface area (TPSA) is 63.2 Å². The second kappa shape index (κ2) is 8.51. The number of esters is 1. The number of carbonyl (C=O) groups excluding carboxylic acids is 1. The molecule has 10 heteroatoms. The predicted molar refractivity (Wildman–Crippen MR) is 120 cm³/mol. The van der Waals surface area contributed by atoms with E-state index in [1.165, 1.54) is 6.42 Å². The van der Waals surface area contributed by atoms with Crippen LogP contribution in [0.5, 0.6) is 0 Å². The number of rotatable bonds is 3. The smallest absolute Gasteiger partial charge is 0.335 e. The third-order valence-electron chi connectivity index (χ3n) is 10.6. The summed E-state index contributed by atoms with van der Waals surface area (Å²) in [4.78, 5) is 13.6. The van der Waals surface area contributed by atoms with Crippen LogP contribution in [-0.2, 0) is 28.5 Å².